The maximum Gasteiger partial charge on any atom is 0.302 e. The van der Waals surface area contributed by atoms with Gasteiger partial charge in [-0.1, -0.05) is 26.0 Å². The van der Waals surface area contributed by atoms with Gasteiger partial charge < -0.3 is 4.74 Å². The maximum absolute atomic E-state index is 14.1. The number of carbonyl (C=O) groups is 1. The van der Waals surface area contributed by atoms with Crippen LogP contribution in [-0.4, -0.2) is 22.8 Å². The van der Waals surface area contributed by atoms with Gasteiger partial charge >= 0.3 is 5.97 Å². The summed E-state index contributed by atoms with van der Waals surface area (Å²) in [5, 5.41) is 8.80. The van der Waals surface area contributed by atoms with E-state index in [0.29, 0.717) is 23.8 Å². The molecule has 5 heteroatoms. The zero-order valence-electron chi connectivity index (χ0n) is 14.7. The molecule has 0 radical (unpaired) electrons. The number of rotatable bonds is 3. The highest BCUT2D eigenvalue weighted by Crippen LogP contribution is 2.67. The number of benzene rings is 1. The van der Waals surface area contributed by atoms with Crippen LogP contribution in [0.15, 0.2) is 30.3 Å². The molecule has 1 aromatic heterocycles. The molecule has 0 aliphatic heterocycles. The largest absolute Gasteiger partial charge is 0.465 e. The number of hydrogen-bond donors (Lipinski definition) is 0. The van der Waals surface area contributed by atoms with E-state index in [9.17, 15) is 9.18 Å². The lowest BCUT2D eigenvalue weighted by atomic mass is 9.69. The highest BCUT2D eigenvalue weighted by molar-refractivity contribution is 5.66. The van der Waals surface area contributed by atoms with Gasteiger partial charge in [0.2, 0.25) is 0 Å². The minimum absolute atomic E-state index is 0.0761. The molecule has 1 saturated carbocycles. The van der Waals surface area contributed by atoms with Gasteiger partial charge in [-0.25, -0.2) is 4.39 Å². The molecular formula is C20H21FN2O2. The Morgan fingerprint density at radius 3 is 2.80 bits per heavy atom. The molecule has 0 saturated heterocycles. The molecule has 2 atom stereocenters. The summed E-state index contributed by atoms with van der Waals surface area (Å²) < 4.78 is 19.5. The second-order valence-corrected chi connectivity index (χ2v) is 7.69. The number of halogens is 1. The van der Waals surface area contributed by atoms with E-state index in [4.69, 9.17) is 4.74 Å². The second-order valence-electron chi connectivity index (χ2n) is 7.69. The first kappa shape index (κ1) is 16.2. The molecule has 1 aromatic carbocycles. The van der Waals surface area contributed by atoms with Gasteiger partial charge in [-0.3, -0.25) is 4.79 Å². The Kier molecular flexibility index (Phi) is 3.46. The van der Waals surface area contributed by atoms with Crippen molar-refractivity contribution in [1.29, 1.82) is 0 Å². The molecule has 2 aliphatic carbocycles. The van der Waals surface area contributed by atoms with E-state index < -0.39 is 0 Å². The summed E-state index contributed by atoms with van der Waals surface area (Å²) in [6, 6.07) is 8.59. The molecular weight excluding hydrogens is 319 g/mol. The van der Waals surface area contributed by atoms with E-state index in [1.54, 1.807) is 18.2 Å². The van der Waals surface area contributed by atoms with E-state index >= 15 is 0 Å². The first-order valence-electron chi connectivity index (χ1n) is 8.63. The summed E-state index contributed by atoms with van der Waals surface area (Å²) in [6.45, 7) is 6.17. The third-order valence-electron chi connectivity index (χ3n) is 6.29. The zero-order valence-corrected chi connectivity index (χ0v) is 14.7. The van der Waals surface area contributed by atoms with E-state index in [0.717, 1.165) is 24.1 Å². The van der Waals surface area contributed by atoms with Crippen molar-refractivity contribution < 1.29 is 13.9 Å². The lowest BCUT2D eigenvalue weighted by Crippen LogP contribution is -2.40. The predicted molar refractivity (Wildman–Crippen MR) is 91.5 cm³/mol. The van der Waals surface area contributed by atoms with Gasteiger partial charge in [-0.05, 0) is 47.9 Å². The number of fused-ring (bicyclic) bond motifs is 5. The summed E-state index contributed by atoms with van der Waals surface area (Å²) in [6.07, 6.45) is 1.95. The van der Waals surface area contributed by atoms with E-state index in [1.165, 1.54) is 13.0 Å². The normalized spacial score (nSPS) is 25.7. The number of aromatic nitrogens is 2. The monoisotopic (exact) mass is 340 g/mol. The average Bonchev–Trinajstić information content (AvgIpc) is 2.94. The quantitative estimate of drug-likeness (QED) is 0.793. The fourth-order valence-electron chi connectivity index (χ4n) is 4.77. The average molecular weight is 340 g/mol. The molecule has 4 nitrogen and oxygen atoms in total. The molecule has 4 rings (SSSR count). The van der Waals surface area contributed by atoms with Crippen molar-refractivity contribution >= 4 is 5.97 Å². The van der Waals surface area contributed by atoms with Crippen molar-refractivity contribution in [2.75, 3.05) is 6.61 Å². The van der Waals surface area contributed by atoms with Gasteiger partial charge in [0.05, 0.1) is 16.8 Å². The van der Waals surface area contributed by atoms with Crippen molar-refractivity contribution in [3.8, 4) is 11.3 Å². The SMILES string of the molecule is CC(=O)OC[C@]12CC[C@H](c3cc(-c4ccccc4F)nnc31)C2(C)C. The van der Waals surface area contributed by atoms with Crippen LogP contribution < -0.4 is 0 Å². The second kappa shape index (κ2) is 5.35. The van der Waals surface area contributed by atoms with Gasteiger partial charge in [-0.2, -0.15) is 10.2 Å². The fraction of sp³-hybridized carbons (Fsp3) is 0.450. The van der Waals surface area contributed by atoms with Gasteiger partial charge in [0, 0.05) is 12.5 Å². The van der Waals surface area contributed by atoms with Gasteiger partial charge in [0.25, 0.3) is 0 Å². The van der Waals surface area contributed by atoms with Crippen LogP contribution in [0.4, 0.5) is 4.39 Å². The Balaban J connectivity index is 1.82. The summed E-state index contributed by atoms with van der Waals surface area (Å²) in [4.78, 5) is 11.4. The van der Waals surface area contributed by atoms with Gasteiger partial charge in [0.15, 0.2) is 0 Å². The fourth-order valence-corrected chi connectivity index (χ4v) is 4.77. The molecule has 25 heavy (non-hydrogen) atoms. The predicted octanol–water partition coefficient (Wildman–Crippen LogP) is 4.00. The van der Waals surface area contributed by atoms with Crippen molar-refractivity contribution in [3.63, 3.8) is 0 Å². The first-order valence-corrected chi connectivity index (χ1v) is 8.63. The smallest absolute Gasteiger partial charge is 0.302 e. The molecule has 0 N–H and O–H groups in total. The topological polar surface area (TPSA) is 52.1 Å². The third kappa shape index (κ3) is 2.14. The van der Waals surface area contributed by atoms with Crippen LogP contribution in [0.25, 0.3) is 11.3 Å². The molecule has 1 fully saturated rings. The minimum Gasteiger partial charge on any atom is -0.465 e. The molecule has 2 aromatic rings. The summed E-state index contributed by atoms with van der Waals surface area (Å²) in [5.74, 6) is -0.258. The standard InChI is InChI=1S/C20H21FN2O2/c1-12(24)25-11-20-9-8-15(19(20,2)3)14-10-17(22-23-18(14)20)13-6-4-5-7-16(13)21/h4-7,10,15H,8-9,11H2,1-3H3/t15-,20-/m1/s1. The Bertz CT molecular complexity index is 865. The third-order valence-corrected chi connectivity index (χ3v) is 6.29. The van der Waals surface area contributed by atoms with Crippen LogP contribution in [0.2, 0.25) is 0 Å². The van der Waals surface area contributed by atoms with Crippen LogP contribution >= 0.6 is 0 Å². The minimum atomic E-state index is -0.306. The summed E-state index contributed by atoms with van der Waals surface area (Å²) >= 11 is 0. The van der Waals surface area contributed by atoms with E-state index in [-0.39, 0.29) is 22.6 Å². The van der Waals surface area contributed by atoms with Crippen molar-refractivity contribution in [2.24, 2.45) is 5.41 Å². The Morgan fingerprint density at radius 1 is 1.32 bits per heavy atom. The van der Waals surface area contributed by atoms with Crippen LogP contribution in [0.1, 0.15) is 50.8 Å². The Morgan fingerprint density at radius 2 is 2.08 bits per heavy atom. The molecule has 0 unspecified atom stereocenters. The van der Waals surface area contributed by atoms with Crippen LogP contribution in [0.3, 0.4) is 0 Å². The van der Waals surface area contributed by atoms with Crippen LogP contribution in [0, 0.1) is 11.2 Å². The maximum atomic E-state index is 14.1. The van der Waals surface area contributed by atoms with E-state index in [2.05, 4.69) is 24.0 Å². The Hall–Kier alpha value is -2.30. The highest BCUT2D eigenvalue weighted by Gasteiger charge is 2.64. The number of hydrogen-bond acceptors (Lipinski definition) is 4. The molecule has 2 bridgehead atoms. The molecule has 130 valence electrons. The molecule has 1 heterocycles. The van der Waals surface area contributed by atoms with E-state index in [1.807, 2.05) is 6.07 Å². The van der Waals surface area contributed by atoms with Crippen LogP contribution in [0.5, 0.6) is 0 Å². The lowest BCUT2D eigenvalue weighted by molar-refractivity contribution is -0.144. The molecule has 2 aliphatic rings. The number of ether oxygens (including phenoxy) is 1. The van der Waals surface area contributed by atoms with Gasteiger partial charge in [-0.15, -0.1) is 0 Å². The number of nitrogens with zero attached hydrogens (tertiary/aromatic N) is 2. The first-order chi connectivity index (χ1) is 11.9. The van der Waals surface area contributed by atoms with Crippen LogP contribution in [-0.2, 0) is 14.9 Å². The molecule has 0 spiro atoms. The lowest BCUT2D eigenvalue weighted by Gasteiger charge is -2.37. The van der Waals surface area contributed by atoms with Crippen molar-refractivity contribution in [2.45, 2.75) is 44.9 Å². The molecule has 0 amide bonds. The number of esters is 1. The highest BCUT2D eigenvalue weighted by atomic mass is 19.1. The van der Waals surface area contributed by atoms with Gasteiger partial charge in [0.1, 0.15) is 12.4 Å². The zero-order chi connectivity index (χ0) is 17.8. The van der Waals surface area contributed by atoms with Crippen molar-refractivity contribution in [3.05, 3.63) is 47.4 Å². The number of carbonyl (C=O) groups excluding carboxylic acids is 1. The summed E-state index contributed by atoms with van der Waals surface area (Å²) in [5.41, 5.74) is 2.68. The Labute approximate surface area is 146 Å². The van der Waals surface area contributed by atoms with Crippen molar-refractivity contribution in [1.82, 2.24) is 10.2 Å². The summed E-state index contributed by atoms with van der Waals surface area (Å²) in [7, 11) is 0.